The molecule has 0 aromatic carbocycles. The van der Waals surface area contributed by atoms with E-state index in [0.717, 1.165) is 0 Å². The maximum Gasteiger partial charge on any atom is 0.396 e. The number of hydrogen-bond donors (Lipinski definition) is 0. The standard InChI is InChI=1S/C15H18F4O7S/c16-14(17,15(18,19)27(22,23)24)2-1-11(20)26-12-8-3-7-4-9(6-8)13(21)25-10(12)5-7/h7-10,12H,1-6H2,(H,22,23,24)/p-1. The Morgan fingerprint density at radius 3 is 2.48 bits per heavy atom. The number of rotatable bonds is 6. The van der Waals surface area contributed by atoms with Gasteiger partial charge >= 0.3 is 23.1 Å². The van der Waals surface area contributed by atoms with Crippen LogP contribution in [0, 0.1) is 17.8 Å². The number of esters is 2. The molecule has 0 amide bonds. The molecule has 12 heteroatoms. The highest BCUT2D eigenvalue weighted by atomic mass is 32.2. The van der Waals surface area contributed by atoms with E-state index in [1.54, 1.807) is 0 Å². The molecule has 0 radical (unpaired) electrons. The predicted octanol–water partition coefficient (Wildman–Crippen LogP) is 1.81. The molecule has 2 aliphatic heterocycles. The zero-order valence-electron chi connectivity index (χ0n) is 13.9. The Labute approximate surface area is 152 Å². The average molecular weight is 417 g/mol. The van der Waals surface area contributed by atoms with Gasteiger partial charge in [0.15, 0.2) is 10.1 Å². The van der Waals surface area contributed by atoms with Gasteiger partial charge in [0.1, 0.15) is 12.2 Å². The van der Waals surface area contributed by atoms with E-state index in [4.69, 9.17) is 9.47 Å². The molecule has 2 saturated carbocycles. The minimum Gasteiger partial charge on any atom is -0.743 e. The smallest absolute Gasteiger partial charge is 0.396 e. The summed E-state index contributed by atoms with van der Waals surface area (Å²) in [7, 11) is -6.60. The third-order valence-corrected chi connectivity index (χ3v) is 6.42. The number of carbonyl (C=O) groups is 2. The van der Waals surface area contributed by atoms with Crippen LogP contribution in [0.25, 0.3) is 0 Å². The SMILES string of the molecule is O=C(CCC(F)(F)C(F)(F)S(=O)(=O)[O-])OC1C2CC3CC(C2)C(=O)OC1C3. The monoisotopic (exact) mass is 417 g/mol. The van der Waals surface area contributed by atoms with Crippen molar-refractivity contribution in [1.82, 2.24) is 0 Å². The molecule has 154 valence electrons. The van der Waals surface area contributed by atoms with Crippen LogP contribution in [0.1, 0.15) is 38.5 Å². The second-order valence-electron chi connectivity index (χ2n) is 7.37. The third-order valence-electron chi connectivity index (χ3n) is 5.49. The second kappa shape index (κ2) is 6.57. The number of halogens is 4. The summed E-state index contributed by atoms with van der Waals surface area (Å²) in [6.45, 7) is 0. The van der Waals surface area contributed by atoms with Crippen LogP contribution in [0.5, 0.6) is 0 Å². The maximum atomic E-state index is 13.4. The van der Waals surface area contributed by atoms with Crippen molar-refractivity contribution in [2.75, 3.05) is 0 Å². The fourth-order valence-corrected chi connectivity index (χ4v) is 4.70. The van der Waals surface area contributed by atoms with Gasteiger partial charge in [-0.2, -0.15) is 17.6 Å². The van der Waals surface area contributed by atoms with Crippen molar-refractivity contribution >= 4 is 22.1 Å². The van der Waals surface area contributed by atoms with Crippen LogP contribution in [-0.2, 0) is 29.2 Å². The van der Waals surface area contributed by atoms with Gasteiger partial charge in [-0.15, -0.1) is 0 Å². The molecule has 0 aromatic rings. The summed E-state index contributed by atoms with van der Waals surface area (Å²) in [5.41, 5.74) is 0. The quantitative estimate of drug-likeness (QED) is 0.368. The van der Waals surface area contributed by atoms with E-state index < -0.39 is 58.3 Å². The molecule has 5 atom stereocenters. The fraction of sp³-hybridized carbons (Fsp3) is 0.867. The molecular formula is C15H17F4O7S-. The van der Waals surface area contributed by atoms with E-state index in [-0.39, 0.29) is 17.8 Å². The van der Waals surface area contributed by atoms with E-state index in [1.165, 1.54) is 0 Å². The molecule has 0 aromatic heterocycles. The summed E-state index contributed by atoms with van der Waals surface area (Å²) < 4.78 is 94.5. The van der Waals surface area contributed by atoms with Crippen molar-refractivity contribution in [3.8, 4) is 0 Å². The lowest BCUT2D eigenvalue weighted by molar-refractivity contribution is -0.181. The van der Waals surface area contributed by atoms with Crippen LogP contribution in [0.15, 0.2) is 0 Å². The highest BCUT2D eigenvalue weighted by Crippen LogP contribution is 2.48. The van der Waals surface area contributed by atoms with Gasteiger partial charge in [-0.25, -0.2) is 8.42 Å². The van der Waals surface area contributed by atoms with Crippen LogP contribution in [-0.4, -0.2) is 48.3 Å². The second-order valence-corrected chi connectivity index (χ2v) is 8.79. The van der Waals surface area contributed by atoms with Crippen LogP contribution >= 0.6 is 0 Å². The number of fused-ring (bicyclic) bond motifs is 1. The first kappa shape index (κ1) is 20.3. The Morgan fingerprint density at radius 2 is 1.85 bits per heavy atom. The fourth-order valence-electron chi connectivity index (χ4n) is 4.23. The van der Waals surface area contributed by atoms with Gasteiger partial charge in [0, 0.05) is 12.3 Å². The zero-order valence-corrected chi connectivity index (χ0v) is 14.7. The Morgan fingerprint density at radius 1 is 1.19 bits per heavy atom. The summed E-state index contributed by atoms with van der Waals surface area (Å²) >= 11 is 0. The van der Waals surface area contributed by atoms with E-state index in [0.29, 0.717) is 25.7 Å². The van der Waals surface area contributed by atoms with E-state index in [1.807, 2.05) is 0 Å². The van der Waals surface area contributed by atoms with E-state index >= 15 is 0 Å². The van der Waals surface area contributed by atoms with Gasteiger partial charge in [0.2, 0.25) is 0 Å². The van der Waals surface area contributed by atoms with Crippen LogP contribution in [0.3, 0.4) is 0 Å². The minimum absolute atomic E-state index is 0.188. The summed E-state index contributed by atoms with van der Waals surface area (Å²) in [6.07, 6.45) is -2.35. The average Bonchev–Trinajstić information content (AvgIpc) is 2.70. The van der Waals surface area contributed by atoms with Crippen molar-refractivity contribution in [2.24, 2.45) is 17.8 Å². The normalized spacial score (nSPS) is 33.5. The Balaban J connectivity index is 1.62. The molecule has 5 unspecified atom stereocenters. The molecule has 4 fully saturated rings. The van der Waals surface area contributed by atoms with Crippen LogP contribution < -0.4 is 0 Å². The highest BCUT2D eigenvalue weighted by molar-refractivity contribution is 7.86. The Kier molecular flexibility index (Phi) is 4.94. The Hall–Kier alpha value is -1.43. The molecule has 4 aliphatic rings. The summed E-state index contributed by atoms with van der Waals surface area (Å²) in [6, 6.07) is 0. The molecule has 4 rings (SSSR count). The molecule has 0 N–H and O–H groups in total. The molecule has 4 bridgehead atoms. The number of ether oxygens (including phenoxy) is 2. The van der Waals surface area contributed by atoms with E-state index in [2.05, 4.69) is 0 Å². The van der Waals surface area contributed by atoms with Gasteiger partial charge in [-0.05, 0) is 31.6 Å². The van der Waals surface area contributed by atoms with Crippen LogP contribution in [0.2, 0.25) is 0 Å². The van der Waals surface area contributed by atoms with Crippen molar-refractivity contribution in [1.29, 1.82) is 0 Å². The van der Waals surface area contributed by atoms with Gasteiger partial charge in [-0.1, -0.05) is 0 Å². The lowest BCUT2D eigenvalue weighted by Crippen LogP contribution is -2.47. The third kappa shape index (κ3) is 3.65. The molecule has 2 saturated heterocycles. The molecule has 27 heavy (non-hydrogen) atoms. The molecular weight excluding hydrogens is 400 g/mol. The molecule has 2 aliphatic carbocycles. The van der Waals surface area contributed by atoms with Crippen molar-refractivity contribution in [3.05, 3.63) is 0 Å². The zero-order chi connectivity index (χ0) is 20.2. The first-order chi connectivity index (χ1) is 12.3. The summed E-state index contributed by atoms with van der Waals surface area (Å²) in [5.74, 6) is -7.11. The van der Waals surface area contributed by atoms with Gasteiger partial charge < -0.3 is 14.0 Å². The van der Waals surface area contributed by atoms with Crippen molar-refractivity contribution < 1.29 is 49.6 Å². The maximum absolute atomic E-state index is 13.4. The largest absolute Gasteiger partial charge is 0.743 e. The summed E-state index contributed by atoms with van der Waals surface area (Å²) in [4.78, 5) is 23.8. The van der Waals surface area contributed by atoms with Gasteiger partial charge in [0.25, 0.3) is 0 Å². The Bertz CT molecular complexity index is 738. The van der Waals surface area contributed by atoms with Crippen LogP contribution in [0.4, 0.5) is 17.6 Å². The lowest BCUT2D eigenvalue weighted by atomic mass is 9.67. The van der Waals surface area contributed by atoms with Gasteiger partial charge in [0.05, 0.1) is 12.3 Å². The first-order valence-electron chi connectivity index (χ1n) is 8.43. The lowest BCUT2D eigenvalue weighted by Gasteiger charge is -2.41. The topological polar surface area (TPSA) is 110 Å². The molecule has 2 heterocycles. The number of alkyl halides is 4. The minimum atomic E-state index is -6.60. The summed E-state index contributed by atoms with van der Waals surface area (Å²) in [5, 5.41) is -5.84. The number of carbonyl (C=O) groups excluding carboxylic acids is 2. The van der Waals surface area contributed by atoms with Crippen molar-refractivity contribution in [2.45, 2.75) is 61.9 Å². The van der Waals surface area contributed by atoms with Crippen molar-refractivity contribution in [3.63, 3.8) is 0 Å². The first-order valence-corrected chi connectivity index (χ1v) is 9.83. The number of hydrogen-bond acceptors (Lipinski definition) is 7. The highest BCUT2D eigenvalue weighted by Gasteiger charge is 2.61. The van der Waals surface area contributed by atoms with E-state index in [9.17, 15) is 40.1 Å². The van der Waals surface area contributed by atoms with Gasteiger partial charge in [-0.3, -0.25) is 9.59 Å². The molecule has 0 spiro atoms. The predicted molar refractivity (Wildman–Crippen MR) is 77.5 cm³/mol. The molecule has 7 nitrogen and oxygen atoms in total.